The minimum Gasteiger partial charge on any atom is -0.418 e. The lowest BCUT2D eigenvalue weighted by atomic mass is 10.2. The molecule has 3 aromatic rings. The SMILES string of the molecule is Cc1ccc(S(=O)(=O)c2nc(-c3cccs3)oc2N2C[C@@H](C)O[C@@H](C)C2)cc1. The van der Waals surface area contributed by atoms with E-state index in [1.54, 1.807) is 24.3 Å². The van der Waals surface area contributed by atoms with Gasteiger partial charge in [-0.2, -0.15) is 4.98 Å². The number of benzene rings is 1. The Morgan fingerprint density at radius 2 is 1.79 bits per heavy atom. The number of oxazole rings is 1. The molecule has 1 aliphatic rings. The van der Waals surface area contributed by atoms with E-state index in [1.165, 1.54) is 11.3 Å². The van der Waals surface area contributed by atoms with Crippen molar-refractivity contribution in [3.63, 3.8) is 0 Å². The van der Waals surface area contributed by atoms with Crippen LogP contribution in [0.4, 0.5) is 5.88 Å². The van der Waals surface area contributed by atoms with Gasteiger partial charge in [-0.1, -0.05) is 23.8 Å². The quantitative estimate of drug-likeness (QED) is 0.634. The van der Waals surface area contributed by atoms with Crippen LogP contribution in [-0.2, 0) is 14.6 Å². The van der Waals surface area contributed by atoms with Gasteiger partial charge in [-0.05, 0) is 44.4 Å². The van der Waals surface area contributed by atoms with Crippen molar-refractivity contribution in [3.8, 4) is 10.8 Å². The highest BCUT2D eigenvalue weighted by atomic mass is 32.2. The normalized spacial score (nSPS) is 20.5. The van der Waals surface area contributed by atoms with E-state index in [0.717, 1.165) is 10.4 Å². The van der Waals surface area contributed by atoms with Crippen molar-refractivity contribution in [1.29, 1.82) is 0 Å². The van der Waals surface area contributed by atoms with Gasteiger partial charge in [-0.15, -0.1) is 11.3 Å². The first kappa shape index (κ1) is 19.2. The van der Waals surface area contributed by atoms with E-state index >= 15 is 0 Å². The molecule has 8 heteroatoms. The molecule has 6 nitrogen and oxygen atoms in total. The first-order valence-electron chi connectivity index (χ1n) is 9.11. The van der Waals surface area contributed by atoms with Crippen LogP contribution in [0.25, 0.3) is 10.8 Å². The number of morpholine rings is 1. The molecule has 1 aromatic carbocycles. The molecular formula is C20H22N2O4S2. The number of hydrogen-bond acceptors (Lipinski definition) is 7. The molecule has 148 valence electrons. The van der Waals surface area contributed by atoms with E-state index in [1.807, 2.05) is 43.2 Å². The lowest BCUT2D eigenvalue weighted by molar-refractivity contribution is -0.00657. The maximum absolute atomic E-state index is 13.4. The van der Waals surface area contributed by atoms with Crippen LogP contribution in [0.15, 0.2) is 56.1 Å². The number of hydrogen-bond donors (Lipinski definition) is 0. The Morgan fingerprint density at radius 3 is 2.39 bits per heavy atom. The fraction of sp³-hybridized carbons (Fsp3) is 0.350. The predicted molar refractivity (Wildman–Crippen MR) is 109 cm³/mol. The smallest absolute Gasteiger partial charge is 0.240 e. The second kappa shape index (κ2) is 7.35. The van der Waals surface area contributed by atoms with Crippen molar-refractivity contribution < 1.29 is 17.6 Å². The molecule has 1 fully saturated rings. The molecule has 0 radical (unpaired) electrons. The van der Waals surface area contributed by atoms with Gasteiger partial charge in [0.15, 0.2) is 0 Å². The third-order valence-electron chi connectivity index (χ3n) is 4.60. The van der Waals surface area contributed by atoms with Crippen molar-refractivity contribution in [2.75, 3.05) is 18.0 Å². The maximum Gasteiger partial charge on any atom is 0.240 e. The Morgan fingerprint density at radius 1 is 1.11 bits per heavy atom. The summed E-state index contributed by atoms with van der Waals surface area (Å²) in [6, 6.07) is 10.5. The number of sulfone groups is 1. The number of aryl methyl sites for hydroxylation is 1. The Hall–Kier alpha value is -2.16. The summed E-state index contributed by atoms with van der Waals surface area (Å²) >= 11 is 1.46. The maximum atomic E-state index is 13.4. The van der Waals surface area contributed by atoms with Gasteiger partial charge >= 0.3 is 0 Å². The summed E-state index contributed by atoms with van der Waals surface area (Å²) < 4.78 is 38.6. The number of aromatic nitrogens is 1. The van der Waals surface area contributed by atoms with Crippen LogP contribution in [0.5, 0.6) is 0 Å². The summed E-state index contributed by atoms with van der Waals surface area (Å²) in [6.07, 6.45) is -0.0667. The van der Waals surface area contributed by atoms with Crippen LogP contribution in [-0.4, -0.2) is 38.7 Å². The number of rotatable bonds is 4. The molecule has 0 N–H and O–H groups in total. The van der Waals surface area contributed by atoms with Gasteiger partial charge in [0.25, 0.3) is 0 Å². The Balaban J connectivity index is 1.84. The summed E-state index contributed by atoms with van der Waals surface area (Å²) in [4.78, 5) is 7.34. The number of thiophene rings is 1. The highest BCUT2D eigenvalue weighted by molar-refractivity contribution is 7.91. The molecule has 1 saturated heterocycles. The molecular weight excluding hydrogens is 396 g/mol. The Labute approximate surface area is 168 Å². The highest BCUT2D eigenvalue weighted by Crippen LogP contribution is 2.37. The molecule has 1 aliphatic heterocycles. The van der Waals surface area contributed by atoms with Gasteiger partial charge in [-0.3, -0.25) is 0 Å². The Bertz CT molecular complexity index is 1050. The van der Waals surface area contributed by atoms with Crippen LogP contribution in [0.2, 0.25) is 0 Å². The number of nitrogens with zero attached hydrogens (tertiary/aromatic N) is 2. The van der Waals surface area contributed by atoms with Gasteiger partial charge in [-0.25, -0.2) is 8.42 Å². The summed E-state index contributed by atoms with van der Waals surface area (Å²) in [6.45, 7) is 6.93. The summed E-state index contributed by atoms with van der Waals surface area (Å²) in [5.41, 5.74) is 0.995. The minimum atomic E-state index is -3.82. The predicted octanol–water partition coefficient (Wildman–Crippen LogP) is 4.16. The van der Waals surface area contributed by atoms with Crippen LogP contribution >= 0.6 is 11.3 Å². The summed E-state index contributed by atoms with van der Waals surface area (Å²) in [7, 11) is -3.82. The zero-order valence-electron chi connectivity index (χ0n) is 16.0. The van der Waals surface area contributed by atoms with Gasteiger partial charge in [0.2, 0.25) is 26.6 Å². The third-order valence-corrected chi connectivity index (χ3v) is 7.13. The van der Waals surface area contributed by atoms with Gasteiger partial charge in [0.05, 0.1) is 22.0 Å². The molecule has 28 heavy (non-hydrogen) atoms. The van der Waals surface area contributed by atoms with Crippen LogP contribution in [0, 0.1) is 6.92 Å². The van der Waals surface area contributed by atoms with Gasteiger partial charge < -0.3 is 14.1 Å². The zero-order chi connectivity index (χ0) is 19.9. The van der Waals surface area contributed by atoms with Gasteiger partial charge in [0, 0.05) is 13.1 Å². The monoisotopic (exact) mass is 418 g/mol. The molecule has 0 saturated carbocycles. The van der Waals surface area contributed by atoms with E-state index in [2.05, 4.69) is 4.98 Å². The van der Waals surface area contributed by atoms with Crippen LogP contribution in [0.1, 0.15) is 19.4 Å². The molecule has 4 rings (SSSR count). The average molecular weight is 419 g/mol. The van der Waals surface area contributed by atoms with Crippen LogP contribution in [0.3, 0.4) is 0 Å². The molecule has 0 unspecified atom stereocenters. The topological polar surface area (TPSA) is 72.6 Å². The van der Waals surface area contributed by atoms with E-state index in [4.69, 9.17) is 9.15 Å². The molecule has 0 spiro atoms. The largest absolute Gasteiger partial charge is 0.418 e. The van der Waals surface area contributed by atoms with Crippen molar-refractivity contribution in [2.24, 2.45) is 0 Å². The van der Waals surface area contributed by atoms with Crippen molar-refractivity contribution in [3.05, 3.63) is 47.3 Å². The van der Waals surface area contributed by atoms with Crippen molar-refractivity contribution in [2.45, 2.75) is 42.9 Å². The lowest BCUT2D eigenvalue weighted by Crippen LogP contribution is -2.45. The molecule has 3 heterocycles. The van der Waals surface area contributed by atoms with E-state index in [0.29, 0.717) is 19.0 Å². The van der Waals surface area contributed by atoms with Crippen LogP contribution < -0.4 is 4.90 Å². The number of anilines is 1. The third kappa shape index (κ3) is 3.59. The molecule has 2 atom stereocenters. The molecule has 0 aliphatic carbocycles. The second-order valence-corrected chi connectivity index (χ2v) is 9.90. The summed E-state index contributed by atoms with van der Waals surface area (Å²) in [5, 5.41) is 1.87. The number of ether oxygens (including phenoxy) is 1. The standard InChI is InChI=1S/C20H22N2O4S2/c1-13-6-8-16(9-7-13)28(23,24)19-20(22-11-14(2)25-15(3)12-22)26-18(21-19)17-5-4-10-27-17/h4-10,14-15H,11-12H2,1-3H3/t14-,15+. The highest BCUT2D eigenvalue weighted by Gasteiger charge is 2.34. The van der Waals surface area contributed by atoms with Gasteiger partial charge in [0.1, 0.15) is 0 Å². The van der Waals surface area contributed by atoms with Crippen molar-refractivity contribution in [1.82, 2.24) is 4.98 Å². The van der Waals surface area contributed by atoms with E-state index in [9.17, 15) is 8.42 Å². The second-order valence-electron chi connectivity index (χ2n) is 7.09. The minimum absolute atomic E-state index is 0.0334. The fourth-order valence-corrected chi connectivity index (χ4v) is 5.32. The molecule has 2 aromatic heterocycles. The van der Waals surface area contributed by atoms with E-state index in [-0.39, 0.29) is 28.0 Å². The lowest BCUT2D eigenvalue weighted by Gasteiger charge is -2.35. The molecule has 0 amide bonds. The Kier molecular flexibility index (Phi) is 5.03. The van der Waals surface area contributed by atoms with Crippen molar-refractivity contribution >= 4 is 27.1 Å². The molecule has 0 bridgehead atoms. The first-order chi connectivity index (χ1) is 13.3. The van der Waals surface area contributed by atoms with E-state index < -0.39 is 9.84 Å². The summed E-state index contributed by atoms with van der Waals surface area (Å²) in [5.74, 6) is 0.605. The fourth-order valence-electron chi connectivity index (χ4n) is 3.35. The average Bonchev–Trinajstić information content (AvgIpc) is 3.31. The first-order valence-corrected chi connectivity index (χ1v) is 11.5. The zero-order valence-corrected chi connectivity index (χ0v) is 17.6.